The molecule has 1 aliphatic heterocycles. The third-order valence-corrected chi connectivity index (χ3v) is 20.9. The van der Waals surface area contributed by atoms with Crippen LogP contribution in [0.1, 0.15) is 205 Å². The number of fused-ring (bicyclic) bond motifs is 7. The van der Waals surface area contributed by atoms with Crippen LogP contribution in [0.2, 0.25) is 0 Å². The predicted octanol–water partition coefficient (Wildman–Crippen LogP) is 20.7. The van der Waals surface area contributed by atoms with Gasteiger partial charge in [-0.2, -0.15) is 0 Å². The van der Waals surface area contributed by atoms with Crippen LogP contribution in [-0.4, -0.2) is 0 Å². The minimum atomic E-state index is -4.83. The van der Waals surface area contributed by atoms with Crippen molar-refractivity contribution in [3.8, 4) is 44.9 Å². The van der Waals surface area contributed by atoms with Gasteiger partial charge in [0.15, 0.2) is 0 Å². The van der Waals surface area contributed by atoms with E-state index < -0.39 is 15.0 Å². The third-order valence-electron chi connectivity index (χ3n) is 15.9. The fraction of sp³-hybridized carbons (Fsp3) is 0.371. The summed E-state index contributed by atoms with van der Waals surface area (Å²) in [6.45, 7) is 40.1. The van der Waals surface area contributed by atoms with Gasteiger partial charge in [0, 0.05) is 32.9 Å². The van der Waals surface area contributed by atoms with Gasteiger partial charge in [-0.25, -0.2) is 4.57 Å². The van der Waals surface area contributed by atoms with E-state index in [0.29, 0.717) is 33.9 Å². The molecule has 77 heavy (non-hydrogen) atoms. The fourth-order valence-corrected chi connectivity index (χ4v) is 16.3. The van der Waals surface area contributed by atoms with E-state index in [1.165, 1.54) is 33.4 Å². The largest absolute Gasteiger partial charge is 0.519 e. The molecule has 0 radical (unpaired) electrons. The first-order valence-corrected chi connectivity index (χ1v) is 31.5. The fourth-order valence-electron chi connectivity index (χ4n) is 11.3. The number of hydrogen-bond acceptors (Lipinski definition) is 4. The van der Waals surface area contributed by atoms with Crippen molar-refractivity contribution in [2.75, 3.05) is 0 Å². The average molecular weight is 1060 g/mol. The Morgan fingerprint density at radius 1 is 0.416 bits per heavy atom. The highest BCUT2D eigenvalue weighted by atomic mass is 31.2. The number of benzene rings is 8. The van der Waals surface area contributed by atoms with E-state index in [-0.39, 0.29) is 34.5 Å². The quantitative estimate of drug-likeness (QED) is 0.124. The molecule has 0 unspecified atom stereocenters. The molecule has 0 spiro atoms. The van der Waals surface area contributed by atoms with Crippen LogP contribution in [0, 0.1) is 0 Å². The van der Waals surface area contributed by atoms with Crippen LogP contribution in [0.3, 0.4) is 0 Å². The summed E-state index contributed by atoms with van der Waals surface area (Å²) in [5.41, 5.74) is 14.5. The molecule has 5 nitrogen and oxygen atoms in total. The van der Waals surface area contributed by atoms with Gasteiger partial charge in [-0.05, 0) is 160 Å². The second kappa shape index (κ2) is 20.8. The molecule has 7 heteroatoms. The van der Waals surface area contributed by atoms with E-state index in [4.69, 9.17) is 9.05 Å². The molecule has 402 valence electrons. The minimum Gasteiger partial charge on any atom is -0.403 e. The summed E-state index contributed by atoms with van der Waals surface area (Å²) in [6.07, 6.45) is 0. The van der Waals surface area contributed by atoms with Gasteiger partial charge < -0.3 is 9.05 Å². The first kappa shape index (κ1) is 56.0. The molecular formula is C70H83NO4P2. The van der Waals surface area contributed by atoms with Crippen LogP contribution in [0.4, 0.5) is 0 Å². The van der Waals surface area contributed by atoms with Gasteiger partial charge in [0.25, 0.3) is 0 Å². The maximum absolute atomic E-state index is 17.5. The summed E-state index contributed by atoms with van der Waals surface area (Å²) in [5.74, 6) is 1.96. The van der Waals surface area contributed by atoms with Gasteiger partial charge in [0.1, 0.15) is 11.5 Å². The van der Waals surface area contributed by atoms with E-state index in [9.17, 15) is 0 Å². The molecule has 1 aliphatic rings. The highest BCUT2D eigenvalue weighted by molar-refractivity contribution is 7.83. The second-order valence-corrected chi connectivity index (χ2v) is 30.2. The molecule has 8 aromatic rings. The number of hydrogen-bond donors (Lipinski definition) is 1. The smallest absolute Gasteiger partial charge is 0.403 e. The molecule has 0 amide bonds. The highest BCUT2D eigenvalue weighted by Crippen LogP contribution is 2.66. The van der Waals surface area contributed by atoms with Crippen LogP contribution in [-0.2, 0) is 20.0 Å². The van der Waals surface area contributed by atoms with Gasteiger partial charge in [-0.3, -0.25) is 4.57 Å². The first-order chi connectivity index (χ1) is 36.1. The van der Waals surface area contributed by atoms with Gasteiger partial charge in [-0.1, -0.05) is 222 Å². The molecule has 0 fully saturated rings. The summed E-state index contributed by atoms with van der Waals surface area (Å²) in [7, 11) is -8.95. The Kier molecular flexibility index (Phi) is 15.2. The first-order valence-electron chi connectivity index (χ1n) is 28.2. The molecule has 1 heterocycles. The van der Waals surface area contributed by atoms with Crippen LogP contribution in [0.25, 0.3) is 54.9 Å². The van der Waals surface area contributed by atoms with Crippen molar-refractivity contribution in [3.63, 3.8) is 0 Å². The molecule has 0 saturated heterocycles. The number of nitrogens with one attached hydrogen (secondary N) is 1. The van der Waals surface area contributed by atoms with Crippen LogP contribution < -0.4 is 24.5 Å². The standard InChI is InChI=1S/C70H83NO4P2/c1-41(2)49-37-57(43(5)6)63(58(38-49)44(7)8)61-35-47-23-19-21-25-55(47)65-66-56-26-22-20-24-48(56)36-62(64-59(45(9)10)39-50(42(3)4)40-60(64)46(11)12)68(66)75-77(73,74-67(61)65)71-76(72,53-31-27-51(28-32-53)69(13,14)15)54-33-29-52(30-34-54)70(16,17)18/h19-46H,1-18H3,(H,71,72,73). The monoisotopic (exact) mass is 1060 g/mol. The molecule has 0 bridgehead atoms. The van der Waals surface area contributed by atoms with Crippen LogP contribution in [0.5, 0.6) is 11.5 Å². The van der Waals surface area contributed by atoms with Gasteiger partial charge in [0.05, 0.1) is 0 Å². The Labute approximate surface area is 461 Å². The van der Waals surface area contributed by atoms with E-state index >= 15 is 9.13 Å². The Morgan fingerprint density at radius 3 is 1.01 bits per heavy atom. The Morgan fingerprint density at radius 2 is 0.727 bits per heavy atom. The van der Waals surface area contributed by atoms with Gasteiger partial charge in [0.2, 0.25) is 7.29 Å². The van der Waals surface area contributed by atoms with Crippen molar-refractivity contribution in [2.24, 2.45) is 0 Å². The van der Waals surface area contributed by atoms with Crippen molar-refractivity contribution in [2.45, 2.75) is 171 Å². The zero-order chi connectivity index (χ0) is 55.8. The molecule has 0 aromatic heterocycles. The molecule has 0 aliphatic carbocycles. The second-order valence-electron chi connectivity index (χ2n) is 25.8. The predicted molar refractivity (Wildman–Crippen MR) is 331 cm³/mol. The molecule has 9 rings (SSSR count). The highest BCUT2D eigenvalue weighted by Gasteiger charge is 2.46. The van der Waals surface area contributed by atoms with Crippen molar-refractivity contribution in [1.82, 2.24) is 4.86 Å². The van der Waals surface area contributed by atoms with Crippen molar-refractivity contribution in [1.29, 1.82) is 0 Å². The summed E-state index contributed by atoms with van der Waals surface area (Å²) >= 11 is 0. The molecule has 8 aromatic carbocycles. The molecule has 0 saturated carbocycles. The molecule has 1 N–H and O–H groups in total. The third kappa shape index (κ3) is 10.6. The lowest BCUT2D eigenvalue weighted by atomic mass is 9.78. The SMILES string of the molecule is CC(C)c1cc(C(C)C)c(-c2cc3ccccc3c3c2OP(=O)(NP(=O)(c2ccc(C(C)(C)C)cc2)c2ccc(C(C)(C)C)cc2)Oc2c(-c4c(C(C)C)cc(C(C)C)cc4C(C)C)cc4ccccc4c2-3)c(C(C)C)c1. The summed E-state index contributed by atoms with van der Waals surface area (Å²) < 4.78 is 49.6. The van der Waals surface area contributed by atoms with E-state index in [2.05, 4.69) is 214 Å². The summed E-state index contributed by atoms with van der Waals surface area (Å²) in [4.78, 5) is 3.40. The molecular weight excluding hydrogens is 981 g/mol. The summed E-state index contributed by atoms with van der Waals surface area (Å²) in [6, 6.07) is 46.8. The average Bonchev–Trinajstić information content (AvgIpc) is 3.66. The number of rotatable bonds is 12. The van der Waals surface area contributed by atoms with Crippen molar-refractivity contribution < 1.29 is 18.2 Å². The molecule has 0 atom stereocenters. The normalized spacial score (nSPS) is 14.0. The van der Waals surface area contributed by atoms with E-state index in [1.807, 2.05) is 48.5 Å². The Balaban J connectivity index is 1.49. The van der Waals surface area contributed by atoms with E-state index in [1.54, 1.807) is 0 Å². The van der Waals surface area contributed by atoms with E-state index in [0.717, 1.165) is 66.1 Å². The minimum absolute atomic E-state index is 0.125. The van der Waals surface area contributed by atoms with Crippen molar-refractivity contribution >= 4 is 47.2 Å². The Hall–Kier alpha value is -5.70. The van der Waals surface area contributed by atoms with Gasteiger partial charge in [-0.15, -0.1) is 4.86 Å². The zero-order valence-corrected chi connectivity index (χ0v) is 51.0. The van der Waals surface area contributed by atoms with Crippen LogP contribution in [0.15, 0.2) is 133 Å². The van der Waals surface area contributed by atoms with Crippen LogP contribution >= 0.6 is 15.0 Å². The van der Waals surface area contributed by atoms with Crippen molar-refractivity contribution in [3.05, 3.63) is 178 Å². The lowest BCUT2D eigenvalue weighted by Gasteiger charge is -2.29. The summed E-state index contributed by atoms with van der Waals surface area (Å²) in [5, 5.41) is 4.90. The van der Waals surface area contributed by atoms with Gasteiger partial charge >= 0.3 is 7.75 Å². The Bertz CT molecular complexity index is 3350. The lowest BCUT2D eigenvalue weighted by molar-refractivity contribution is 0.387. The maximum Gasteiger partial charge on any atom is 0.519 e. The topological polar surface area (TPSA) is 64.6 Å². The zero-order valence-electron chi connectivity index (χ0n) is 49.2. The lowest BCUT2D eigenvalue weighted by Crippen LogP contribution is -2.29. The maximum atomic E-state index is 17.5.